The second kappa shape index (κ2) is 6.04. The van der Waals surface area contributed by atoms with Crippen molar-refractivity contribution in [2.45, 2.75) is 9.79 Å². The molecule has 0 aliphatic carbocycles. The van der Waals surface area contributed by atoms with E-state index >= 15 is 0 Å². The lowest BCUT2D eigenvalue weighted by Crippen LogP contribution is -2.20. The van der Waals surface area contributed by atoms with Crippen LogP contribution in [0.1, 0.15) is 10.4 Å². The Hall–Kier alpha value is -1.58. The van der Waals surface area contributed by atoms with Crippen LogP contribution in [0.15, 0.2) is 28.0 Å². The van der Waals surface area contributed by atoms with Crippen LogP contribution >= 0.6 is 11.8 Å². The van der Waals surface area contributed by atoms with E-state index in [-0.39, 0.29) is 22.1 Å². The van der Waals surface area contributed by atoms with Crippen LogP contribution in [-0.4, -0.2) is 38.2 Å². The highest BCUT2D eigenvalue weighted by atomic mass is 32.2. The fourth-order valence-electron chi connectivity index (χ4n) is 1.19. The summed E-state index contributed by atoms with van der Waals surface area (Å²) in [5, 5.41) is 16.4. The van der Waals surface area contributed by atoms with Crippen molar-refractivity contribution < 1.29 is 23.1 Å². The van der Waals surface area contributed by atoms with Gasteiger partial charge in [-0.3, -0.25) is 4.79 Å². The number of nitrogens with two attached hydrogens (primary N) is 1. The predicted molar refractivity (Wildman–Crippen MR) is 69.6 cm³/mol. The van der Waals surface area contributed by atoms with Crippen molar-refractivity contribution in [3.63, 3.8) is 0 Å². The summed E-state index contributed by atoms with van der Waals surface area (Å²) < 4.78 is 22.3. The minimum absolute atomic E-state index is 0.0332. The molecule has 1 aromatic carbocycles. The molecule has 1 rings (SSSR count). The van der Waals surface area contributed by atoms with Gasteiger partial charge in [-0.05, 0) is 18.2 Å². The average Bonchev–Trinajstić information content (AvgIpc) is 2.34. The maximum absolute atomic E-state index is 11.1. The number of carboxylic acid groups (broad SMARTS) is 1. The zero-order valence-corrected chi connectivity index (χ0v) is 11.5. The first kappa shape index (κ1) is 15.5. The van der Waals surface area contributed by atoms with E-state index in [1.54, 1.807) is 0 Å². The molecule has 0 saturated carbocycles. The summed E-state index contributed by atoms with van der Waals surface area (Å²) in [5.74, 6) is -1.52. The number of rotatable bonds is 5. The van der Waals surface area contributed by atoms with E-state index in [0.717, 1.165) is 17.8 Å². The van der Waals surface area contributed by atoms with E-state index in [2.05, 4.69) is 5.32 Å². The van der Waals surface area contributed by atoms with Crippen molar-refractivity contribution in [3.8, 4) is 0 Å². The van der Waals surface area contributed by atoms with Gasteiger partial charge in [-0.1, -0.05) is 0 Å². The third-order valence-corrected chi connectivity index (χ3v) is 4.13. The van der Waals surface area contributed by atoms with Crippen LogP contribution in [0, 0.1) is 0 Å². The number of carboxylic acids is 1. The van der Waals surface area contributed by atoms with Crippen LogP contribution in [0.25, 0.3) is 0 Å². The molecule has 0 aliphatic rings. The molecule has 0 aromatic heterocycles. The minimum Gasteiger partial charge on any atom is -0.478 e. The Balaban J connectivity index is 3.12. The highest BCUT2D eigenvalue weighted by Crippen LogP contribution is 2.25. The molecule has 0 aliphatic heterocycles. The van der Waals surface area contributed by atoms with Gasteiger partial charge in [0, 0.05) is 11.9 Å². The van der Waals surface area contributed by atoms with Crippen molar-refractivity contribution >= 4 is 33.7 Å². The fourth-order valence-corrected chi connectivity index (χ4v) is 2.63. The average molecular weight is 304 g/mol. The van der Waals surface area contributed by atoms with Crippen molar-refractivity contribution in [2.75, 3.05) is 12.8 Å². The molecule has 0 unspecified atom stereocenters. The highest BCUT2D eigenvalue weighted by molar-refractivity contribution is 8.00. The predicted octanol–water partition coefficient (Wildman–Crippen LogP) is -0.130. The van der Waals surface area contributed by atoms with Crippen molar-refractivity contribution in [1.82, 2.24) is 5.32 Å². The Morgan fingerprint density at radius 3 is 2.53 bits per heavy atom. The smallest absolute Gasteiger partial charge is 0.336 e. The molecule has 1 amide bonds. The lowest BCUT2D eigenvalue weighted by Gasteiger charge is -2.07. The molecular weight excluding hydrogens is 292 g/mol. The lowest BCUT2D eigenvalue weighted by molar-refractivity contribution is -0.118. The normalized spacial score (nSPS) is 11.1. The molecule has 0 heterocycles. The molecular formula is C10H12N2O5S2. The first-order chi connectivity index (χ1) is 8.75. The molecule has 0 atom stereocenters. The van der Waals surface area contributed by atoms with Gasteiger partial charge < -0.3 is 10.4 Å². The maximum atomic E-state index is 11.1. The molecule has 0 fully saturated rings. The number of sulfonamides is 1. The van der Waals surface area contributed by atoms with Gasteiger partial charge in [0.2, 0.25) is 15.9 Å². The van der Waals surface area contributed by atoms with Crippen molar-refractivity contribution in [2.24, 2.45) is 5.14 Å². The summed E-state index contributed by atoms with van der Waals surface area (Å²) in [5.41, 5.74) is -0.208. The fraction of sp³-hybridized carbons (Fsp3) is 0.200. The van der Waals surface area contributed by atoms with E-state index in [9.17, 15) is 18.0 Å². The summed E-state index contributed by atoms with van der Waals surface area (Å²) >= 11 is 0.999. The molecule has 0 saturated heterocycles. The van der Waals surface area contributed by atoms with Gasteiger partial charge in [-0.25, -0.2) is 18.4 Å². The van der Waals surface area contributed by atoms with E-state index in [1.807, 2.05) is 0 Å². The summed E-state index contributed by atoms with van der Waals surface area (Å²) in [7, 11) is -2.50. The number of aromatic carboxylic acids is 1. The molecule has 104 valence electrons. The van der Waals surface area contributed by atoms with E-state index in [0.29, 0.717) is 4.90 Å². The Morgan fingerprint density at radius 1 is 1.42 bits per heavy atom. The first-order valence-corrected chi connectivity index (χ1v) is 7.52. The van der Waals surface area contributed by atoms with Crippen LogP contribution in [0.5, 0.6) is 0 Å². The monoisotopic (exact) mass is 304 g/mol. The summed E-state index contributed by atoms with van der Waals surface area (Å²) in [6.07, 6.45) is 0. The number of thioether (sulfide) groups is 1. The van der Waals surface area contributed by atoms with Gasteiger partial charge in [0.05, 0.1) is 16.2 Å². The number of carbonyl (C=O) groups is 2. The van der Waals surface area contributed by atoms with E-state index in [1.165, 1.54) is 19.2 Å². The molecule has 7 nitrogen and oxygen atoms in total. The van der Waals surface area contributed by atoms with Crippen LogP contribution in [0.3, 0.4) is 0 Å². The summed E-state index contributed by atoms with van der Waals surface area (Å²) in [6.45, 7) is 0. The number of benzene rings is 1. The number of hydrogen-bond donors (Lipinski definition) is 3. The second-order valence-corrected chi connectivity index (χ2v) is 6.05. The van der Waals surface area contributed by atoms with Gasteiger partial charge in [0.15, 0.2) is 0 Å². The van der Waals surface area contributed by atoms with Crippen LogP contribution in [0.2, 0.25) is 0 Å². The maximum Gasteiger partial charge on any atom is 0.336 e. The summed E-state index contributed by atoms with van der Waals surface area (Å²) in [6, 6.07) is 3.49. The van der Waals surface area contributed by atoms with Gasteiger partial charge in [0.25, 0.3) is 0 Å². The Morgan fingerprint density at radius 2 is 2.05 bits per heavy atom. The zero-order chi connectivity index (χ0) is 14.6. The zero-order valence-electron chi connectivity index (χ0n) is 9.91. The van der Waals surface area contributed by atoms with Crippen LogP contribution < -0.4 is 10.5 Å². The van der Waals surface area contributed by atoms with E-state index in [4.69, 9.17) is 10.2 Å². The topological polar surface area (TPSA) is 127 Å². The molecule has 0 bridgehead atoms. The van der Waals surface area contributed by atoms with Crippen LogP contribution in [-0.2, 0) is 14.8 Å². The van der Waals surface area contributed by atoms with Gasteiger partial charge in [-0.2, -0.15) is 0 Å². The lowest BCUT2D eigenvalue weighted by atomic mass is 10.2. The Bertz CT molecular complexity index is 612. The third-order valence-electron chi connectivity index (χ3n) is 2.15. The van der Waals surface area contributed by atoms with E-state index < -0.39 is 16.0 Å². The quantitative estimate of drug-likeness (QED) is 0.650. The van der Waals surface area contributed by atoms with Crippen molar-refractivity contribution in [1.29, 1.82) is 0 Å². The SMILES string of the molecule is CNC(=O)CSc1ccc(S(N)(=O)=O)cc1C(=O)O. The number of amides is 1. The second-order valence-electron chi connectivity index (χ2n) is 3.47. The number of primary sulfonamides is 1. The Kier molecular flexibility index (Phi) is 4.92. The van der Waals surface area contributed by atoms with Gasteiger partial charge in [-0.15, -0.1) is 11.8 Å². The number of carbonyl (C=O) groups excluding carboxylic acids is 1. The molecule has 1 aromatic rings. The third kappa shape index (κ3) is 4.23. The minimum atomic E-state index is -3.96. The Labute approximate surface area is 114 Å². The number of nitrogens with one attached hydrogen (secondary N) is 1. The summed E-state index contributed by atoms with van der Waals surface area (Å²) in [4.78, 5) is 22.2. The first-order valence-electron chi connectivity index (χ1n) is 4.99. The van der Waals surface area contributed by atoms with Crippen molar-refractivity contribution in [3.05, 3.63) is 23.8 Å². The molecule has 19 heavy (non-hydrogen) atoms. The molecule has 0 spiro atoms. The van der Waals surface area contributed by atoms with Crippen LogP contribution in [0.4, 0.5) is 0 Å². The molecule has 0 radical (unpaired) electrons. The standard InChI is InChI=1S/C10H12N2O5S2/c1-12-9(13)5-18-8-3-2-6(19(11,16)17)4-7(8)10(14)15/h2-4H,5H2,1H3,(H,12,13)(H,14,15)(H2,11,16,17). The number of hydrogen-bond acceptors (Lipinski definition) is 5. The largest absolute Gasteiger partial charge is 0.478 e. The van der Waals surface area contributed by atoms with Gasteiger partial charge in [0.1, 0.15) is 0 Å². The van der Waals surface area contributed by atoms with Gasteiger partial charge >= 0.3 is 5.97 Å². The molecule has 4 N–H and O–H groups in total. The molecule has 9 heteroatoms. The highest BCUT2D eigenvalue weighted by Gasteiger charge is 2.16.